The molecular weight excluding hydrogens is 284 g/mol. The van der Waals surface area contributed by atoms with Gasteiger partial charge in [-0.15, -0.1) is 0 Å². The van der Waals surface area contributed by atoms with Crippen LogP contribution in [-0.4, -0.2) is 18.5 Å². The Bertz CT molecular complexity index is 504. The maximum Gasteiger partial charge on any atom is 0.253 e. The summed E-state index contributed by atoms with van der Waals surface area (Å²) in [6.07, 6.45) is 3.51. The Morgan fingerprint density at radius 3 is 2.81 bits per heavy atom. The lowest BCUT2D eigenvalue weighted by atomic mass is 9.78. The summed E-state index contributed by atoms with van der Waals surface area (Å²) in [7, 11) is 0. The minimum absolute atomic E-state index is 0.0283. The van der Waals surface area contributed by atoms with E-state index in [1.807, 2.05) is 19.1 Å². The van der Waals surface area contributed by atoms with Crippen LogP contribution in [-0.2, 0) is 0 Å². The highest BCUT2D eigenvalue weighted by atomic mass is 35.5. The molecule has 0 spiro atoms. The van der Waals surface area contributed by atoms with Gasteiger partial charge in [0.15, 0.2) is 0 Å². The Labute approximate surface area is 132 Å². The number of amides is 1. The highest BCUT2D eigenvalue weighted by molar-refractivity contribution is 6.31. The summed E-state index contributed by atoms with van der Waals surface area (Å²) in [4.78, 5) is 12.6. The van der Waals surface area contributed by atoms with Crippen molar-refractivity contribution in [2.75, 3.05) is 11.9 Å². The Balaban J connectivity index is 2.14. The Kier molecular flexibility index (Phi) is 5.51. The normalized spacial score (nSPS) is 25.4. The third kappa shape index (κ3) is 3.91. The number of benzene rings is 1. The molecule has 116 valence electrons. The van der Waals surface area contributed by atoms with Crippen LogP contribution in [0.2, 0.25) is 5.02 Å². The second-order valence-corrected chi connectivity index (χ2v) is 6.50. The van der Waals surface area contributed by atoms with E-state index in [-0.39, 0.29) is 11.9 Å². The van der Waals surface area contributed by atoms with E-state index < -0.39 is 0 Å². The molecule has 1 amide bonds. The fourth-order valence-corrected chi connectivity index (χ4v) is 3.25. The molecule has 1 aromatic carbocycles. The molecule has 0 aliphatic heterocycles. The largest absolute Gasteiger partial charge is 0.385 e. The van der Waals surface area contributed by atoms with Gasteiger partial charge in [-0.25, -0.2) is 0 Å². The van der Waals surface area contributed by atoms with Gasteiger partial charge in [-0.3, -0.25) is 4.79 Å². The quantitative estimate of drug-likeness (QED) is 0.869. The average molecular weight is 309 g/mol. The van der Waals surface area contributed by atoms with Gasteiger partial charge in [0.2, 0.25) is 0 Å². The highest BCUT2D eigenvalue weighted by Gasteiger charge is 2.28. The van der Waals surface area contributed by atoms with Crippen molar-refractivity contribution in [2.24, 2.45) is 11.8 Å². The van der Waals surface area contributed by atoms with E-state index in [0.717, 1.165) is 18.7 Å². The molecule has 21 heavy (non-hydrogen) atoms. The number of rotatable bonds is 4. The molecule has 1 saturated carbocycles. The number of anilines is 1. The SMILES string of the molecule is CCNc1ccc(Cl)cc1C(=O)NC1CCCC(C)C1C. The predicted octanol–water partition coefficient (Wildman–Crippen LogP) is 4.33. The maximum absolute atomic E-state index is 12.6. The second-order valence-electron chi connectivity index (χ2n) is 6.07. The zero-order chi connectivity index (χ0) is 15.4. The zero-order valence-corrected chi connectivity index (χ0v) is 13.8. The van der Waals surface area contributed by atoms with Crippen molar-refractivity contribution in [3.63, 3.8) is 0 Å². The third-order valence-corrected chi connectivity index (χ3v) is 4.85. The van der Waals surface area contributed by atoms with Gasteiger partial charge >= 0.3 is 0 Å². The van der Waals surface area contributed by atoms with Gasteiger partial charge in [0.05, 0.1) is 5.56 Å². The first-order chi connectivity index (χ1) is 10.0. The van der Waals surface area contributed by atoms with Crippen molar-refractivity contribution in [1.29, 1.82) is 0 Å². The number of carbonyl (C=O) groups is 1. The first kappa shape index (κ1) is 16.2. The number of nitrogens with one attached hydrogen (secondary N) is 2. The lowest BCUT2D eigenvalue weighted by Gasteiger charge is -2.34. The third-order valence-electron chi connectivity index (χ3n) is 4.62. The van der Waals surface area contributed by atoms with Gasteiger partial charge in [0.1, 0.15) is 0 Å². The Morgan fingerprint density at radius 2 is 2.10 bits per heavy atom. The first-order valence-corrected chi connectivity index (χ1v) is 8.25. The molecule has 2 N–H and O–H groups in total. The van der Waals surface area contributed by atoms with Crippen LogP contribution in [0.4, 0.5) is 5.69 Å². The molecule has 0 aromatic heterocycles. The number of halogens is 1. The summed E-state index contributed by atoms with van der Waals surface area (Å²) in [5, 5.41) is 7.02. The Hall–Kier alpha value is -1.22. The van der Waals surface area contributed by atoms with E-state index in [0.29, 0.717) is 22.4 Å². The standard InChI is InChI=1S/C17H25ClN2O/c1-4-19-16-9-8-13(18)10-14(16)17(21)20-15-7-5-6-11(2)12(15)3/h8-12,15,19H,4-7H2,1-3H3,(H,20,21). The molecule has 3 atom stereocenters. The average Bonchev–Trinajstić information content (AvgIpc) is 2.46. The minimum Gasteiger partial charge on any atom is -0.385 e. The molecule has 1 aliphatic carbocycles. The molecule has 3 nitrogen and oxygen atoms in total. The Morgan fingerprint density at radius 1 is 1.33 bits per heavy atom. The summed E-state index contributed by atoms with van der Waals surface area (Å²) < 4.78 is 0. The number of carbonyl (C=O) groups excluding carboxylic acids is 1. The molecule has 0 bridgehead atoms. The van der Waals surface area contributed by atoms with E-state index >= 15 is 0 Å². The van der Waals surface area contributed by atoms with E-state index in [4.69, 9.17) is 11.6 Å². The fraction of sp³-hybridized carbons (Fsp3) is 0.588. The van der Waals surface area contributed by atoms with E-state index in [2.05, 4.69) is 24.5 Å². The minimum atomic E-state index is -0.0283. The molecule has 2 rings (SSSR count). The molecule has 1 fully saturated rings. The van der Waals surface area contributed by atoms with Crippen molar-refractivity contribution in [1.82, 2.24) is 5.32 Å². The second kappa shape index (κ2) is 7.17. The van der Waals surface area contributed by atoms with Crippen LogP contribution in [0.3, 0.4) is 0 Å². The van der Waals surface area contributed by atoms with Crippen molar-refractivity contribution < 1.29 is 4.79 Å². The summed E-state index contributed by atoms with van der Waals surface area (Å²) in [5.41, 5.74) is 1.48. The van der Waals surface area contributed by atoms with Crippen LogP contribution in [0.1, 0.15) is 50.4 Å². The first-order valence-electron chi connectivity index (χ1n) is 7.87. The van der Waals surface area contributed by atoms with Crippen LogP contribution in [0, 0.1) is 11.8 Å². The van der Waals surface area contributed by atoms with Gasteiger partial charge in [-0.05, 0) is 43.4 Å². The topological polar surface area (TPSA) is 41.1 Å². The van der Waals surface area contributed by atoms with Crippen LogP contribution in [0.25, 0.3) is 0 Å². The summed E-state index contributed by atoms with van der Waals surface area (Å²) in [6, 6.07) is 5.68. The van der Waals surface area contributed by atoms with Crippen molar-refractivity contribution in [2.45, 2.75) is 46.1 Å². The highest BCUT2D eigenvalue weighted by Crippen LogP contribution is 2.30. The molecule has 4 heteroatoms. The van der Waals surface area contributed by atoms with Crippen LogP contribution < -0.4 is 10.6 Å². The van der Waals surface area contributed by atoms with Gasteiger partial charge in [0, 0.05) is 23.3 Å². The molecule has 1 aliphatic rings. The molecular formula is C17H25ClN2O. The molecule has 3 unspecified atom stereocenters. The number of hydrogen-bond donors (Lipinski definition) is 2. The van der Waals surface area contributed by atoms with Gasteiger partial charge < -0.3 is 10.6 Å². The lowest BCUT2D eigenvalue weighted by Crippen LogP contribution is -2.43. The van der Waals surface area contributed by atoms with Crippen molar-refractivity contribution in [3.05, 3.63) is 28.8 Å². The molecule has 0 radical (unpaired) electrons. The maximum atomic E-state index is 12.6. The van der Waals surface area contributed by atoms with Crippen LogP contribution in [0.15, 0.2) is 18.2 Å². The fourth-order valence-electron chi connectivity index (χ4n) is 3.08. The summed E-state index contributed by atoms with van der Waals surface area (Å²) in [5.74, 6) is 1.15. The molecule has 1 aromatic rings. The van der Waals surface area contributed by atoms with Crippen LogP contribution in [0.5, 0.6) is 0 Å². The summed E-state index contributed by atoms with van der Waals surface area (Å²) >= 11 is 6.05. The molecule has 0 saturated heterocycles. The van der Waals surface area contributed by atoms with Crippen molar-refractivity contribution in [3.8, 4) is 0 Å². The van der Waals surface area contributed by atoms with E-state index in [1.165, 1.54) is 12.8 Å². The monoisotopic (exact) mass is 308 g/mol. The lowest BCUT2D eigenvalue weighted by molar-refractivity contribution is 0.0892. The summed E-state index contributed by atoms with van der Waals surface area (Å²) in [6.45, 7) is 7.30. The van der Waals surface area contributed by atoms with Gasteiger partial charge in [0.25, 0.3) is 5.91 Å². The van der Waals surface area contributed by atoms with E-state index in [1.54, 1.807) is 6.07 Å². The zero-order valence-electron chi connectivity index (χ0n) is 13.1. The van der Waals surface area contributed by atoms with E-state index in [9.17, 15) is 4.79 Å². The van der Waals surface area contributed by atoms with Gasteiger partial charge in [-0.1, -0.05) is 38.3 Å². The van der Waals surface area contributed by atoms with Crippen LogP contribution >= 0.6 is 11.6 Å². The predicted molar refractivity (Wildman–Crippen MR) is 89.0 cm³/mol. The molecule has 0 heterocycles. The van der Waals surface area contributed by atoms with Crippen molar-refractivity contribution >= 4 is 23.2 Å². The van der Waals surface area contributed by atoms with Gasteiger partial charge in [-0.2, -0.15) is 0 Å². The smallest absolute Gasteiger partial charge is 0.253 e. The number of hydrogen-bond acceptors (Lipinski definition) is 2.